The van der Waals surface area contributed by atoms with Gasteiger partial charge in [-0.15, -0.1) is 0 Å². The standard InChI is InChI=1S/C28H34FN3O7/c1-17(2)25-26(27(37)30-14-18-5-4-6-19(11-18)15-38-3)31-32(21-9-7-20(29)8-10-21)28(25)39-16-23(34)12-22(33)13-24(35)36/h4-11,17,22-23,33-34H,12-16H2,1-3H3,(H,30,37)(H,35,36)/t22-,23+/m1/s1. The second-order valence-corrected chi connectivity index (χ2v) is 9.50. The number of rotatable bonds is 14. The molecule has 0 aliphatic carbocycles. The molecule has 0 fully saturated rings. The van der Waals surface area contributed by atoms with Gasteiger partial charge in [-0.3, -0.25) is 9.59 Å². The highest BCUT2D eigenvalue weighted by Crippen LogP contribution is 2.33. The van der Waals surface area contributed by atoms with Gasteiger partial charge >= 0.3 is 5.97 Å². The fraction of sp³-hybridized carbons (Fsp3) is 0.393. The molecule has 39 heavy (non-hydrogen) atoms. The SMILES string of the molecule is COCc1cccc(CNC(=O)c2nn(-c3ccc(F)cc3)c(OC[C@@H](O)C[C@@H](O)CC(=O)O)c2C(C)C)c1. The molecule has 4 N–H and O–H groups in total. The lowest BCUT2D eigenvalue weighted by molar-refractivity contribution is -0.139. The first kappa shape index (κ1) is 29.8. The number of carbonyl (C=O) groups excluding carboxylic acids is 1. The number of carbonyl (C=O) groups is 2. The van der Waals surface area contributed by atoms with Crippen LogP contribution in [-0.4, -0.2) is 62.9 Å². The van der Waals surface area contributed by atoms with Crippen molar-refractivity contribution in [1.29, 1.82) is 0 Å². The number of nitrogens with zero attached hydrogens (tertiary/aromatic N) is 2. The summed E-state index contributed by atoms with van der Waals surface area (Å²) in [6.07, 6.45) is -3.17. The van der Waals surface area contributed by atoms with Crippen LogP contribution >= 0.6 is 0 Å². The lowest BCUT2D eigenvalue weighted by Crippen LogP contribution is -2.26. The first-order valence-electron chi connectivity index (χ1n) is 12.5. The molecule has 3 aromatic rings. The zero-order valence-electron chi connectivity index (χ0n) is 22.1. The maximum absolute atomic E-state index is 13.6. The predicted octanol–water partition coefficient (Wildman–Crippen LogP) is 3.18. The van der Waals surface area contributed by atoms with Gasteiger partial charge in [0.25, 0.3) is 5.91 Å². The molecule has 1 amide bonds. The Bertz CT molecular complexity index is 1260. The third-order valence-corrected chi connectivity index (χ3v) is 5.86. The Kier molecular flexibility index (Phi) is 10.6. The van der Waals surface area contributed by atoms with E-state index in [-0.39, 0.29) is 37.1 Å². The molecule has 2 atom stereocenters. The number of nitrogens with one attached hydrogen (secondary N) is 1. The number of ether oxygens (including phenoxy) is 2. The van der Waals surface area contributed by atoms with Crippen molar-refractivity contribution < 1.29 is 38.8 Å². The quantitative estimate of drug-likeness (QED) is 0.243. The summed E-state index contributed by atoms with van der Waals surface area (Å²) in [5, 5.41) is 36.4. The number of benzene rings is 2. The van der Waals surface area contributed by atoms with Crippen molar-refractivity contribution in [3.63, 3.8) is 0 Å². The molecule has 0 aliphatic heterocycles. The molecule has 0 bridgehead atoms. The van der Waals surface area contributed by atoms with Gasteiger partial charge in [0.05, 0.1) is 30.9 Å². The van der Waals surface area contributed by atoms with Gasteiger partial charge in [-0.2, -0.15) is 5.10 Å². The molecular formula is C28H34FN3O7. The number of aliphatic hydroxyl groups is 2. The van der Waals surface area contributed by atoms with Crippen molar-refractivity contribution in [2.45, 2.75) is 58.0 Å². The van der Waals surface area contributed by atoms with Gasteiger partial charge in [0, 0.05) is 25.6 Å². The van der Waals surface area contributed by atoms with Gasteiger partial charge in [0.15, 0.2) is 5.69 Å². The maximum atomic E-state index is 13.6. The Morgan fingerprint density at radius 3 is 2.41 bits per heavy atom. The third-order valence-electron chi connectivity index (χ3n) is 5.86. The Balaban J connectivity index is 1.89. The first-order chi connectivity index (χ1) is 18.6. The molecule has 0 saturated heterocycles. The van der Waals surface area contributed by atoms with Crippen LogP contribution in [0.5, 0.6) is 5.88 Å². The van der Waals surface area contributed by atoms with Crippen molar-refractivity contribution in [2.75, 3.05) is 13.7 Å². The summed E-state index contributed by atoms with van der Waals surface area (Å²) < 4.78 is 26.1. The minimum atomic E-state index is -1.25. The van der Waals surface area contributed by atoms with Crippen molar-refractivity contribution >= 4 is 11.9 Å². The van der Waals surface area contributed by atoms with Crippen LogP contribution in [0.1, 0.15) is 59.8 Å². The zero-order valence-corrected chi connectivity index (χ0v) is 22.1. The number of aliphatic carboxylic acids is 1. The van der Waals surface area contributed by atoms with E-state index in [0.717, 1.165) is 11.1 Å². The molecule has 10 nitrogen and oxygen atoms in total. The smallest absolute Gasteiger partial charge is 0.305 e. The molecule has 2 aromatic carbocycles. The van der Waals surface area contributed by atoms with Crippen molar-refractivity contribution in [1.82, 2.24) is 15.1 Å². The number of aromatic nitrogens is 2. The van der Waals surface area contributed by atoms with Crippen molar-refractivity contribution in [2.24, 2.45) is 0 Å². The van der Waals surface area contributed by atoms with Crippen LogP contribution in [0.4, 0.5) is 4.39 Å². The van der Waals surface area contributed by atoms with Gasteiger partial charge < -0.3 is 30.1 Å². The van der Waals surface area contributed by atoms with E-state index in [1.807, 2.05) is 38.1 Å². The van der Waals surface area contributed by atoms with E-state index >= 15 is 0 Å². The molecular weight excluding hydrogens is 509 g/mol. The monoisotopic (exact) mass is 543 g/mol. The second-order valence-electron chi connectivity index (χ2n) is 9.50. The molecule has 3 rings (SSSR count). The van der Waals surface area contributed by atoms with Crippen LogP contribution < -0.4 is 10.1 Å². The summed E-state index contributed by atoms with van der Waals surface area (Å²) >= 11 is 0. The Labute approximate surface area is 226 Å². The first-order valence-corrected chi connectivity index (χ1v) is 12.5. The van der Waals surface area contributed by atoms with Crippen molar-refractivity contribution in [3.05, 3.63) is 76.7 Å². The van der Waals surface area contributed by atoms with Crippen LogP contribution in [0.3, 0.4) is 0 Å². The summed E-state index contributed by atoms with van der Waals surface area (Å²) in [6, 6.07) is 13.1. The van der Waals surface area contributed by atoms with Gasteiger partial charge in [0.2, 0.25) is 5.88 Å². The Hall–Kier alpha value is -3.80. The van der Waals surface area contributed by atoms with Gasteiger partial charge in [-0.25, -0.2) is 9.07 Å². The zero-order chi connectivity index (χ0) is 28.5. The van der Waals surface area contributed by atoms with Crippen LogP contribution in [0.15, 0.2) is 48.5 Å². The van der Waals surface area contributed by atoms with E-state index in [1.165, 1.54) is 28.9 Å². The summed E-state index contributed by atoms with van der Waals surface area (Å²) in [7, 11) is 1.61. The fourth-order valence-electron chi connectivity index (χ4n) is 4.10. The molecule has 0 saturated carbocycles. The largest absolute Gasteiger partial charge is 0.481 e. The normalized spacial score (nSPS) is 12.8. The number of methoxy groups -OCH3 is 1. The molecule has 210 valence electrons. The van der Waals surface area contributed by atoms with Crippen LogP contribution in [0.25, 0.3) is 5.69 Å². The number of carboxylic acid groups (broad SMARTS) is 1. The lowest BCUT2D eigenvalue weighted by Gasteiger charge is -2.17. The Morgan fingerprint density at radius 1 is 1.08 bits per heavy atom. The van der Waals surface area contributed by atoms with Crippen LogP contribution in [0.2, 0.25) is 0 Å². The molecule has 0 aliphatic rings. The van der Waals surface area contributed by atoms with Crippen molar-refractivity contribution in [3.8, 4) is 11.6 Å². The number of aliphatic hydroxyl groups excluding tert-OH is 2. The number of hydrogen-bond donors (Lipinski definition) is 4. The Morgan fingerprint density at radius 2 is 1.77 bits per heavy atom. The highest BCUT2D eigenvalue weighted by atomic mass is 19.1. The maximum Gasteiger partial charge on any atom is 0.305 e. The second kappa shape index (κ2) is 13.8. The average Bonchev–Trinajstić information content (AvgIpc) is 3.26. The predicted molar refractivity (Wildman–Crippen MR) is 140 cm³/mol. The molecule has 1 aromatic heterocycles. The molecule has 11 heteroatoms. The third kappa shape index (κ3) is 8.34. The number of halogens is 1. The van der Waals surface area contributed by atoms with E-state index in [2.05, 4.69) is 10.4 Å². The van der Waals surface area contributed by atoms with E-state index in [4.69, 9.17) is 14.6 Å². The highest BCUT2D eigenvalue weighted by molar-refractivity contribution is 5.94. The topological polar surface area (TPSA) is 143 Å². The van der Waals surface area contributed by atoms with E-state index in [1.54, 1.807) is 7.11 Å². The number of amides is 1. The van der Waals surface area contributed by atoms with Gasteiger partial charge in [-0.05, 0) is 41.3 Å². The lowest BCUT2D eigenvalue weighted by atomic mass is 10.0. The number of hydrogen-bond acceptors (Lipinski definition) is 7. The highest BCUT2D eigenvalue weighted by Gasteiger charge is 2.28. The minimum absolute atomic E-state index is 0.109. The molecule has 0 unspecified atom stereocenters. The number of carboxylic acids is 1. The van der Waals surface area contributed by atoms with Gasteiger partial charge in [-0.1, -0.05) is 38.1 Å². The average molecular weight is 544 g/mol. The van der Waals surface area contributed by atoms with Gasteiger partial charge in [0.1, 0.15) is 12.4 Å². The summed E-state index contributed by atoms with van der Waals surface area (Å²) in [5.41, 5.74) is 2.86. The summed E-state index contributed by atoms with van der Waals surface area (Å²) in [6.45, 7) is 4.11. The fourth-order valence-corrected chi connectivity index (χ4v) is 4.10. The molecule has 0 radical (unpaired) electrons. The van der Waals surface area contributed by atoms with E-state index < -0.39 is 36.3 Å². The molecule has 0 spiro atoms. The minimum Gasteiger partial charge on any atom is -0.481 e. The van der Waals surface area contributed by atoms with Crippen LogP contribution in [0, 0.1) is 5.82 Å². The molecule has 1 heterocycles. The van der Waals surface area contributed by atoms with Crippen LogP contribution in [-0.2, 0) is 22.7 Å². The van der Waals surface area contributed by atoms with E-state index in [9.17, 15) is 24.2 Å². The van der Waals surface area contributed by atoms with E-state index in [0.29, 0.717) is 17.9 Å². The summed E-state index contributed by atoms with van der Waals surface area (Å²) in [5.74, 6) is -2.13. The summed E-state index contributed by atoms with van der Waals surface area (Å²) in [4.78, 5) is 24.1.